The lowest BCUT2D eigenvalue weighted by Crippen LogP contribution is -2.48. The van der Waals surface area contributed by atoms with Gasteiger partial charge >= 0.3 is 0 Å². The maximum absolute atomic E-state index is 3.55. The fourth-order valence-corrected chi connectivity index (χ4v) is 3.72. The molecule has 0 aromatic carbocycles. The Bertz CT molecular complexity index is 223. The van der Waals surface area contributed by atoms with Crippen molar-refractivity contribution in [3.8, 4) is 0 Å². The van der Waals surface area contributed by atoms with Crippen LogP contribution in [-0.4, -0.2) is 37.1 Å². The molecule has 2 nitrogen and oxygen atoms in total. The quantitative estimate of drug-likeness (QED) is 0.711. The van der Waals surface area contributed by atoms with Gasteiger partial charge in [-0.2, -0.15) is 0 Å². The fraction of sp³-hybridized carbons (Fsp3) is 1.00. The summed E-state index contributed by atoms with van der Waals surface area (Å²) in [4.78, 5) is 2.77. The molecule has 1 fully saturated rings. The van der Waals surface area contributed by atoms with Gasteiger partial charge in [-0.3, -0.25) is 4.90 Å². The number of likely N-dealkylation sites (tertiary alicyclic amines) is 1. The van der Waals surface area contributed by atoms with Crippen LogP contribution in [0, 0.1) is 5.41 Å². The van der Waals surface area contributed by atoms with E-state index in [1.165, 1.54) is 51.6 Å². The average molecular weight is 254 g/mol. The third-order valence-electron chi connectivity index (χ3n) is 5.29. The van der Waals surface area contributed by atoms with Gasteiger partial charge in [-0.15, -0.1) is 0 Å². The topological polar surface area (TPSA) is 15.3 Å². The molecule has 0 aliphatic carbocycles. The molecule has 1 N–H and O–H groups in total. The fourth-order valence-electron chi connectivity index (χ4n) is 3.72. The molecule has 2 unspecified atom stereocenters. The van der Waals surface area contributed by atoms with E-state index >= 15 is 0 Å². The zero-order valence-corrected chi connectivity index (χ0v) is 13.3. The minimum absolute atomic E-state index is 0.609. The van der Waals surface area contributed by atoms with Gasteiger partial charge in [-0.05, 0) is 51.1 Å². The van der Waals surface area contributed by atoms with Crippen molar-refractivity contribution < 1.29 is 0 Å². The standard InChI is InChI=1S/C16H34N2/c1-6-10-14(17-5)15(7-2)18-12-11-16(8-3,9-4)13-18/h14-15,17H,6-13H2,1-5H3. The highest BCUT2D eigenvalue weighted by Gasteiger charge is 2.38. The van der Waals surface area contributed by atoms with Crippen molar-refractivity contribution in [2.45, 2.75) is 78.3 Å². The van der Waals surface area contributed by atoms with Gasteiger partial charge in [0.15, 0.2) is 0 Å². The Morgan fingerprint density at radius 3 is 2.22 bits per heavy atom. The molecule has 0 saturated carbocycles. The number of nitrogens with zero attached hydrogens (tertiary/aromatic N) is 1. The van der Waals surface area contributed by atoms with Crippen molar-refractivity contribution in [3.63, 3.8) is 0 Å². The maximum atomic E-state index is 3.55. The first kappa shape index (κ1) is 16.0. The molecule has 108 valence electrons. The summed E-state index contributed by atoms with van der Waals surface area (Å²) < 4.78 is 0. The van der Waals surface area contributed by atoms with Crippen LogP contribution in [0.5, 0.6) is 0 Å². The van der Waals surface area contributed by atoms with Gasteiger partial charge in [0, 0.05) is 18.6 Å². The molecular weight excluding hydrogens is 220 g/mol. The predicted octanol–water partition coefficient (Wildman–Crippen LogP) is 3.67. The van der Waals surface area contributed by atoms with Crippen LogP contribution in [0.25, 0.3) is 0 Å². The van der Waals surface area contributed by atoms with Gasteiger partial charge < -0.3 is 5.32 Å². The largest absolute Gasteiger partial charge is 0.315 e. The zero-order valence-electron chi connectivity index (χ0n) is 13.3. The van der Waals surface area contributed by atoms with Crippen molar-refractivity contribution in [1.82, 2.24) is 10.2 Å². The Balaban J connectivity index is 2.67. The van der Waals surface area contributed by atoms with Crippen LogP contribution in [-0.2, 0) is 0 Å². The van der Waals surface area contributed by atoms with E-state index in [4.69, 9.17) is 0 Å². The first-order valence-corrected chi connectivity index (χ1v) is 8.07. The lowest BCUT2D eigenvalue weighted by Gasteiger charge is -2.35. The molecule has 0 aromatic heterocycles. The zero-order chi connectivity index (χ0) is 13.6. The highest BCUT2D eigenvalue weighted by molar-refractivity contribution is 4.93. The highest BCUT2D eigenvalue weighted by Crippen LogP contribution is 2.38. The van der Waals surface area contributed by atoms with Crippen LogP contribution in [0.4, 0.5) is 0 Å². The van der Waals surface area contributed by atoms with Crippen LogP contribution < -0.4 is 5.32 Å². The van der Waals surface area contributed by atoms with Gasteiger partial charge in [0.25, 0.3) is 0 Å². The lowest BCUT2D eigenvalue weighted by molar-refractivity contribution is 0.154. The van der Waals surface area contributed by atoms with Crippen LogP contribution in [0.15, 0.2) is 0 Å². The Morgan fingerprint density at radius 1 is 1.17 bits per heavy atom. The summed E-state index contributed by atoms with van der Waals surface area (Å²) in [5, 5.41) is 3.55. The van der Waals surface area contributed by atoms with Gasteiger partial charge in [0.2, 0.25) is 0 Å². The molecule has 1 heterocycles. The van der Waals surface area contributed by atoms with Gasteiger partial charge in [-0.25, -0.2) is 0 Å². The first-order chi connectivity index (χ1) is 8.66. The number of rotatable bonds is 8. The number of nitrogens with one attached hydrogen (secondary N) is 1. The molecule has 0 spiro atoms. The maximum Gasteiger partial charge on any atom is 0.0246 e. The van der Waals surface area contributed by atoms with E-state index < -0.39 is 0 Å². The number of hydrogen-bond acceptors (Lipinski definition) is 2. The van der Waals surface area contributed by atoms with Crippen molar-refractivity contribution >= 4 is 0 Å². The number of likely N-dealkylation sites (N-methyl/N-ethyl adjacent to an activating group) is 1. The average Bonchev–Trinajstić information content (AvgIpc) is 2.83. The molecule has 1 aliphatic rings. The van der Waals surface area contributed by atoms with Crippen LogP contribution in [0.2, 0.25) is 0 Å². The van der Waals surface area contributed by atoms with Crippen molar-refractivity contribution in [2.75, 3.05) is 20.1 Å². The van der Waals surface area contributed by atoms with Crippen molar-refractivity contribution in [1.29, 1.82) is 0 Å². The SMILES string of the molecule is CCCC(NC)C(CC)N1CCC(CC)(CC)C1. The second-order valence-electron chi connectivity index (χ2n) is 6.09. The van der Waals surface area contributed by atoms with E-state index in [-0.39, 0.29) is 0 Å². The monoisotopic (exact) mass is 254 g/mol. The summed E-state index contributed by atoms with van der Waals surface area (Å²) in [7, 11) is 2.13. The molecule has 2 heteroatoms. The molecule has 0 radical (unpaired) electrons. The smallest absolute Gasteiger partial charge is 0.0246 e. The van der Waals surface area contributed by atoms with E-state index in [2.05, 4.69) is 45.0 Å². The molecule has 2 atom stereocenters. The van der Waals surface area contributed by atoms with Crippen LogP contribution in [0.1, 0.15) is 66.2 Å². The Labute approximate surface area is 115 Å². The molecule has 0 aromatic rings. The summed E-state index contributed by atoms with van der Waals surface area (Å²) in [6.45, 7) is 12.0. The molecule has 1 rings (SSSR count). The predicted molar refractivity (Wildman–Crippen MR) is 81.0 cm³/mol. The highest BCUT2D eigenvalue weighted by atomic mass is 15.2. The third-order valence-corrected chi connectivity index (χ3v) is 5.29. The first-order valence-electron chi connectivity index (χ1n) is 8.07. The molecule has 1 aliphatic heterocycles. The summed E-state index contributed by atoms with van der Waals surface area (Å²) in [5.41, 5.74) is 0.609. The minimum atomic E-state index is 0.609. The molecule has 0 amide bonds. The van der Waals surface area contributed by atoms with E-state index in [0.717, 1.165) is 6.04 Å². The van der Waals surface area contributed by atoms with E-state index in [1.807, 2.05) is 0 Å². The van der Waals surface area contributed by atoms with E-state index in [1.54, 1.807) is 0 Å². The minimum Gasteiger partial charge on any atom is -0.315 e. The summed E-state index contributed by atoms with van der Waals surface area (Å²) in [5.74, 6) is 0. The van der Waals surface area contributed by atoms with Gasteiger partial charge in [0.05, 0.1) is 0 Å². The third kappa shape index (κ3) is 3.48. The molecular formula is C16H34N2. The van der Waals surface area contributed by atoms with Gasteiger partial charge in [0.1, 0.15) is 0 Å². The summed E-state index contributed by atoms with van der Waals surface area (Å²) in [6, 6.07) is 1.40. The lowest BCUT2D eigenvalue weighted by atomic mass is 9.82. The van der Waals surface area contributed by atoms with Crippen LogP contribution in [0.3, 0.4) is 0 Å². The van der Waals surface area contributed by atoms with Crippen LogP contribution >= 0.6 is 0 Å². The summed E-state index contributed by atoms with van der Waals surface area (Å²) >= 11 is 0. The second-order valence-corrected chi connectivity index (χ2v) is 6.09. The Hall–Kier alpha value is -0.0800. The van der Waals surface area contributed by atoms with E-state index in [9.17, 15) is 0 Å². The van der Waals surface area contributed by atoms with Gasteiger partial charge in [-0.1, -0.05) is 34.1 Å². The summed E-state index contributed by atoms with van der Waals surface area (Å²) in [6.07, 6.45) is 7.94. The van der Waals surface area contributed by atoms with E-state index in [0.29, 0.717) is 11.5 Å². The Morgan fingerprint density at radius 2 is 1.83 bits per heavy atom. The normalized spacial score (nSPS) is 23.2. The second kappa shape index (κ2) is 7.49. The molecule has 0 bridgehead atoms. The van der Waals surface area contributed by atoms with Crippen molar-refractivity contribution in [3.05, 3.63) is 0 Å². The molecule has 1 saturated heterocycles. The number of hydrogen-bond donors (Lipinski definition) is 1. The molecule has 18 heavy (non-hydrogen) atoms. The van der Waals surface area contributed by atoms with Crippen molar-refractivity contribution in [2.24, 2.45) is 5.41 Å². The Kier molecular flexibility index (Phi) is 6.65.